The fourth-order valence-corrected chi connectivity index (χ4v) is 4.49. The summed E-state index contributed by atoms with van der Waals surface area (Å²) in [6.07, 6.45) is -8.45. The maximum Gasteiger partial charge on any atom is 0.205 e. The lowest BCUT2D eigenvalue weighted by Crippen LogP contribution is -2.58. The van der Waals surface area contributed by atoms with E-state index in [1.54, 1.807) is 13.8 Å². The summed E-state index contributed by atoms with van der Waals surface area (Å²) in [5.41, 5.74) is -0.482. The summed E-state index contributed by atoms with van der Waals surface area (Å²) in [6, 6.07) is 3.15. The second-order valence-electron chi connectivity index (χ2n) is 6.92. The molecule has 1 aromatic rings. The number of hydrogen-bond acceptors (Lipinski definition) is 6. The predicted octanol–water partition coefficient (Wildman–Crippen LogP) is 1.36. The van der Waals surface area contributed by atoms with E-state index >= 15 is 0 Å². The molecule has 1 heterocycles. The van der Waals surface area contributed by atoms with Crippen LogP contribution in [-0.2, 0) is 20.2 Å². The molecule has 6 atom stereocenters. The molecule has 154 valence electrons. The minimum atomic E-state index is -4.00. The van der Waals surface area contributed by atoms with Gasteiger partial charge in [0.25, 0.3) is 0 Å². The Hall–Kier alpha value is -0.930. The largest absolute Gasteiger partial charge is 0.388 e. The van der Waals surface area contributed by atoms with E-state index in [4.69, 9.17) is 9.47 Å². The molecule has 2 rings (SSSR count). The van der Waals surface area contributed by atoms with Crippen molar-refractivity contribution < 1.29 is 43.0 Å². The Morgan fingerprint density at radius 3 is 2.30 bits per heavy atom. The van der Waals surface area contributed by atoms with Gasteiger partial charge in [-0.25, -0.2) is 8.78 Å². The molecule has 0 aromatic heterocycles. The summed E-state index contributed by atoms with van der Waals surface area (Å²) in [7, 11) is -4.00. The first-order valence-electron chi connectivity index (χ1n) is 8.60. The zero-order valence-electron chi connectivity index (χ0n) is 15.0. The highest BCUT2D eigenvalue weighted by atomic mass is 31.2. The molecule has 1 aromatic carbocycles. The molecule has 0 radical (unpaired) electrons. The van der Waals surface area contributed by atoms with Crippen molar-refractivity contribution in [3.05, 3.63) is 35.4 Å². The van der Waals surface area contributed by atoms with Gasteiger partial charge >= 0.3 is 0 Å². The van der Waals surface area contributed by atoms with Crippen molar-refractivity contribution in [2.45, 2.75) is 63.2 Å². The summed E-state index contributed by atoms with van der Waals surface area (Å²) in [5, 5.41) is 29.9. The number of rotatable bonds is 7. The molecule has 0 saturated carbocycles. The normalized spacial score (nSPS) is 31.1. The van der Waals surface area contributed by atoms with Gasteiger partial charge in [0.05, 0.1) is 18.4 Å². The van der Waals surface area contributed by atoms with Gasteiger partial charge in [-0.15, -0.1) is 0 Å². The van der Waals surface area contributed by atoms with Gasteiger partial charge < -0.3 is 29.7 Å². The Labute approximate surface area is 156 Å². The number of hydrogen-bond donors (Lipinski definition) is 4. The van der Waals surface area contributed by atoms with Gasteiger partial charge in [-0.2, -0.15) is 0 Å². The highest BCUT2D eigenvalue weighted by Crippen LogP contribution is 2.46. The maximum atomic E-state index is 13.7. The van der Waals surface area contributed by atoms with Crippen molar-refractivity contribution >= 4 is 7.37 Å². The number of benzene rings is 1. The predicted molar refractivity (Wildman–Crippen MR) is 92.3 cm³/mol. The van der Waals surface area contributed by atoms with Gasteiger partial charge in [0.1, 0.15) is 29.9 Å². The van der Waals surface area contributed by atoms with Gasteiger partial charge in [-0.1, -0.05) is 6.07 Å². The molecule has 27 heavy (non-hydrogen) atoms. The molecule has 0 aliphatic carbocycles. The minimum Gasteiger partial charge on any atom is -0.388 e. The Bertz CT molecular complexity index is 667. The van der Waals surface area contributed by atoms with Crippen LogP contribution in [0.1, 0.15) is 25.8 Å². The van der Waals surface area contributed by atoms with Gasteiger partial charge in [-0.05, 0) is 32.4 Å². The Balaban J connectivity index is 2.03. The summed E-state index contributed by atoms with van der Waals surface area (Å²) in [6.45, 7) is 3.38. The molecule has 0 spiro atoms. The Morgan fingerprint density at radius 1 is 1.15 bits per heavy atom. The van der Waals surface area contributed by atoms with Crippen molar-refractivity contribution in [1.82, 2.24) is 0 Å². The van der Waals surface area contributed by atoms with E-state index in [0.717, 1.165) is 18.2 Å². The molecule has 1 unspecified atom stereocenters. The van der Waals surface area contributed by atoms with E-state index in [-0.39, 0.29) is 12.5 Å². The SMILES string of the molecule is CC(C)O[C@H]1O[C@H](CCP(=O)(O)Cc2c(F)cccc2F)[C@@H](O)[C@H](O)[C@@H]1O. The van der Waals surface area contributed by atoms with Crippen molar-refractivity contribution in [2.24, 2.45) is 0 Å². The number of ether oxygens (including phenoxy) is 2. The molecule has 7 nitrogen and oxygen atoms in total. The van der Waals surface area contributed by atoms with Crippen LogP contribution < -0.4 is 0 Å². The van der Waals surface area contributed by atoms with Crippen molar-refractivity contribution in [3.63, 3.8) is 0 Å². The third kappa shape index (κ3) is 5.77. The highest BCUT2D eigenvalue weighted by Gasteiger charge is 2.44. The van der Waals surface area contributed by atoms with E-state index in [1.807, 2.05) is 0 Å². The quantitative estimate of drug-likeness (QED) is 0.502. The zero-order chi connectivity index (χ0) is 20.4. The van der Waals surface area contributed by atoms with Gasteiger partial charge in [-0.3, -0.25) is 4.57 Å². The van der Waals surface area contributed by atoms with E-state index in [9.17, 15) is 33.6 Å². The summed E-state index contributed by atoms with van der Waals surface area (Å²) >= 11 is 0. The Kier molecular flexibility index (Phi) is 7.49. The summed E-state index contributed by atoms with van der Waals surface area (Å²) in [4.78, 5) is 10.1. The lowest BCUT2D eigenvalue weighted by Gasteiger charge is -2.41. The van der Waals surface area contributed by atoms with Crippen molar-refractivity contribution in [2.75, 3.05) is 6.16 Å². The van der Waals surface area contributed by atoms with Crippen molar-refractivity contribution in [3.8, 4) is 0 Å². The van der Waals surface area contributed by atoms with Gasteiger partial charge in [0, 0.05) is 11.7 Å². The van der Waals surface area contributed by atoms with Crippen LogP contribution in [0.5, 0.6) is 0 Å². The molecule has 0 bridgehead atoms. The smallest absolute Gasteiger partial charge is 0.205 e. The Morgan fingerprint density at radius 2 is 1.74 bits per heavy atom. The first-order valence-corrected chi connectivity index (χ1v) is 10.6. The average Bonchev–Trinajstić information content (AvgIpc) is 2.57. The van der Waals surface area contributed by atoms with Crippen molar-refractivity contribution in [1.29, 1.82) is 0 Å². The second-order valence-corrected chi connectivity index (χ2v) is 9.37. The minimum absolute atomic E-state index is 0.174. The molecule has 4 N–H and O–H groups in total. The molecule has 10 heteroatoms. The van der Waals surface area contributed by atoms with E-state index in [0.29, 0.717) is 0 Å². The lowest BCUT2D eigenvalue weighted by molar-refractivity contribution is -0.304. The zero-order valence-corrected chi connectivity index (χ0v) is 15.9. The first kappa shape index (κ1) is 22.4. The third-order valence-electron chi connectivity index (χ3n) is 4.30. The molecule has 1 saturated heterocycles. The van der Waals surface area contributed by atoms with Gasteiger partial charge in [0.15, 0.2) is 6.29 Å². The lowest BCUT2D eigenvalue weighted by atomic mass is 9.97. The van der Waals surface area contributed by atoms with Gasteiger partial charge in [0.2, 0.25) is 7.37 Å². The highest BCUT2D eigenvalue weighted by molar-refractivity contribution is 7.57. The van der Waals surface area contributed by atoms with Crippen LogP contribution in [0.25, 0.3) is 0 Å². The van der Waals surface area contributed by atoms with E-state index in [2.05, 4.69) is 0 Å². The molecular weight excluding hydrogens is 385 g/mol. The van der Waals surface area contributed by atoms with Crippen LogP contribution >= 0.6 is 7.37 Å². The fraction of sp³-hybridized carbons (Fsp3) is 0.647. The first-order chi connectivity index (χ1) is 12.5. The molecule has 1 aliphatic heterocycles. The third-order valence-corrected chi connectivity index (χ3v) is 6.07. The van der Waals surface area contributed by atoms with Crippen LogP contribution in [0.2, 0.25) is 0 Å². The van der Waals surface area contributed by atoms with Crippen LogP contribution in [-0.4, -0.2) is 63.2 Å². The van der Waals surface area contributed by atoms with E-state index in [1.165, 1.54) is 0 Å². The van der Waals surface area contributed by atoms with E-state index < -0.39 is 67.6 Å². The molecular formula is C17H25F2O7P. The molecule has 1 fully saturated rings. The number of aliphatic hydroxyl groups excluding tert-OH is 3. The number of halogens is 2. The fourth-order valence-electron chi connectivity index (χ4n) is 2.87. The van der Waals surface area contributed by atoms with Crippen LogP contribution in [0.15, 0.2) is 18.2 Å². The van der Waals surface area contributed by atoms with Crippen LogP contribution in [0.3, 0.4) is 0 Å². The summed E-state index contributed by atoms with van der Waals surface area (Å²) < 4.78 is 50.5. The topological polar surface area (TPSA) is 116 Å². The van der Waals surface area contributed by atoms with Crippen LogP contribution in [0.4, 0.5) is 8.78 Å². The standard InChI is InChI=1S/C17H25F2O7P/c1-9(2)25-17-16(22)15(21)14(20)13(26-17)6-7-27(23,24)8-10-11(18)4-3-5-12(10)19/h3-5,9,13-17,20-22H,6-8H2,1-2H3,(H,23,24)/t13-,14-,15+,16+,17+/m1/s1. The van der Waals surface area contributed by atoms with Crippen LogP contribution in [0, 0.1) is 11.6 Å². The second kappa shape index (κ2) is 9.05. The maximum absolute atomic E-state index is 13.7. The average molecular weight is 410 g/mol. The molecule has 1 aliphatic rings. The molecule has 0 amide bonds. The number of aliphatic hydroxyl groups is 3. The monoisotopic (exact) mass is 410 g/mol. The summed E-state index contributed by atoms with van der Waals surface area (Å²) in [5.74, 6) is -1.83.